The van der Waals surface area contributed by atoms with Gasteiger partial charge in [0, 0.05) is 20.1 Å². The Morgan fingerprint density at radius 2 is 1.95 bits per heavy atom. The van der Waals surface area contributed by atoms with Crippen molar-refractivity contribution < 1.29 is 24.3 Å². The summed E-state index contributed by atoms with van der Waals surface area (Å²) < 4.78 is 15.4. The van der Waals surface area contributed by atoms with Gasteiger partial charge in [0.1, 0.15) is 0 Å². The molecule has 0 aliphatic rings. The minimum absolute atomic E-state index is 0.0159. The third-order valence-corrected chi connectivity index (χ3v) is 3.02. The predicted molar refractivity (Wildman–Crippen MR) is 79.5 cm³/mol. The molecule has 1 aromatic carbocycles. The summed E-state index contributed by atoms with van der Waals surface area (Å²) in [6.07, 6.45) is 0.944. The maximum Gasteiger partial charge on any atom is 0.275 e. The molecule has 21 heavy (non-hydrogen) atoms. The molecule has 0 radical (unpaired) electrons. The van der Waals surface area contributed by atoms with Gasteiger partial charge in [0.2, 0.25) is 0 Å². The molecular formula is C15H25N2O4+. The van der Waals surface area contributed by atoms with Crippen molar-refractivity contribution >= 4 is 5.91 Å². The zero-order chi connectivity index (χ0) is 15.5. The van der Waals surface area contributed by atoms with Crippen LogP contribution < -0.4 is 20.1 Å². The molecule has 0 heterocycles. The van der Waals surface area contributed by atoms with Crippen LogP contribution in [0.25, 0.3) is 0 Å². The minimum Gasteiger partial charge on any atom is -0.493 e. The van der Waals surface area contributed by atoms with E-state index in [9.17, 15) is 4.79 Å². The Kier molecular flexibility index (Phi) is 8.23. The molecule has 0 unspecified atom stereocenters. The van der Waals surface area contributed by atoms with Crippen LogP contribution in [0.15, 0.2) is 18.2 Å². The first-order valence-electron chi connectivity index (χ1n) is 6.99. The molecule has 6 nitrogen and oxygen atoms in total. The SMILES string of the molecule is COCCC[NH2+]CC(=O)NCc1ccc(OC)c(OC)c1. The molecule has 3 N–H and O–H groups in total. The van der Waals surface area contributed by atoms with Crippen molar-refractivity contribution in [3.8, 4) is 11.5 Å². The Balaban J connectivity index is 2.32. The number of amides is 1. The molecule has 6 heteroatoms. The molecule has 0 aromatic heterocycles. The number of ether oxygens (including phenoxy) is 3. The molecule has 1 rings (SSSR count). The lowest BCUT2D eigenvalue weighted by molar-refractivity contribution is -0.644. The number of rotatable bonds is 10. The van der Waals surface area contributed by atoms with E-state index in [4.69, 9.17) is 14.2 Å². The third-order valence-electron chi connectivity index (χ3n) is 3.02. The van der Waals surface area contributed by atoms with Crippen LogP contribution in [-0.2, 0) is 16.1 Å². The first-order chi connectivity index (χ1) is 10.2. The number of benzene rings is 1. The highest BCUT2D eigenvalue weighted by Crippen LogP contribution is 2.27. The largest absolute Gasteiger partial charge is 0.493 e. The monoisotopic (exact) mass is 297 g/mol. The second-order valence-electron chi connectivity index (χ2n) is 4.59. The van der Waals surface area contributed by atoms with Gasteiger partial charge in [-0.2, -0.15) is 0 Å². The lowest BCUT2D eigenvalue weighted by Crippen LogP contribution is -2.86. The van der Waals surface area contributed by atoms with Gasteiger partial charge in [-0.3, -0.25) is 4.79 Å². The molecule has 1 amide bonds. The fourth-order valence-corrected chi connectivity index (χ4v) is 1.87. The van der Waals surface area contributed by atoms with Crippen LogP contribution in [0.1, 0.15) is 12.0 Å². The molecule has 0 atom stereocenters. The van der Waals surface area contributed by atoms with Gasteiger partial charge in [-0.25, -0.2) is 0 Å². The summed E-state index contributed by atoms with van der Waals surface area (Å²) in [6, 6.07) is 5.60. The van der Waals surface area contributed by atoms with E-state index in [2.05, 4.69) is 5.32 Å². The zero-order valence-electron chi connectivity index (χ0n) is 13.0. The van der Waals surface area contributed by atoms with Gasteiger partial charge in [0.15, 0.2) is 18.0 Å². The summed E-state index contributed by atoms with van der Waals surface area (Å²) in [7, 11) is 4.86. The standard InChI is InChI=1S/C15H24N2O4/c1-19-8-4-7-16-11-15(18)17-10-12-5-6-13(20-2)14(9-12)21-3/h5-6,9,16H,4,7-8,10-11H2,1-3H3,(H,17,18)/p+1. The van der Waals surface area contributed by atoms with Gasteiger partial charge >= 0.3 is 0 Å². The second-order valence-corrected chi connectivity index (χ2v) is 4.59. The Bertz CT molecular complexity index is 438. The van der Waals surface area contributed by atoms with E-state index in [1.165, 1.54) is 0 Å². The number of carbonyl (C=O) groups is 1. The van der Waals surface area contributed by atoms with Gasteiger partial charge in [-0.1, -0.05) is 6.07 Å². The Labute approximate surface area is 125 Å². The maximum atomic E-state index is 11.7. The van der Waals surface area contributed by atoms with Crippen molar-refractivity contribution in [1.82, 2.24) is 5.32 Å². The van der Waals surface area contributed by atoms with Crippen molar-refractivity contribution in [3.63, 3.8) is 0 Å². The Hall–Kier alpha value is -1.79. The molecule has 0 fully saturated rings. The number of hydrogen-bond acceptors (Lipinski definition) is 4. The molecule has 0 bridgehead atoms. The summed E-state index contributed by atoms with van der Waals surface area (Å²) in [5, 5.41) is 4.86. The summed E-state index contributed by atoms with van der Waals surface area (Å²) in [6.45, 7) is 2.52. The molecule has 118 valence electrons. The molecule has 0 aliphatic carbocycles. The average molecular weight is 297 g/mol. The van der Waals surface area contributed by atoms with Crippen molar-refractivity contribution in [1.29, 1.82) is 0 Å². The number of hydrogen-bond donors (Lipinski definition) is 2. The normalized spacial score (nSPS) is 10.2. The van der Waals surface area contributed by atoms with Gasteiger partial charge in [-0.15, -0.1) is 0 Å². The number of quaternary nitrogens is 1. The van der Waals surface area contributed by atoms with E-state index in [1.54, 1.807) is 21.3 Å². The quantitative estimate of drug-likeness (QED) is 0.593. The lowest BCUT2D eigenvalue weighted by atomic mass is 10.2. The summed E-state index contributed by atoms with van der Waals surface area (Å²) >= 11 is 0. The fourth-order valence-electron chi connectivity index (χ4n) is 1.87. The highest BCUT2D eigenvalue weighted by molar-refractivity contribution is 5.76. The van der Waals surface area contributed by atoms with Gasteiger partial charge in [-0.05, 0) is 17.7 Å². The van der Waals surface area contributed by atoms with Crippen LogP contribution in [0.5, 0.6) is 11.5 Å². The Morgan fingerprint density at radius 3 is 2.62 bits per heavy atom. The third kappa shape index (κ3) is 6.46. The first kappa shape index (κ1) is 17.3. The smallest absolute Gasteiger partial charge is 0.275 e. The molecule has 0 saturated carbocycles. The molecular weight excluding hydrogens is 272 g/mol. The van der Waals surface area contributed by atoms with Crippen molar-refractivity contribution in [2.45, 2.75) is 13.0 Å². The van der Waals surface area contributed by atoms with Gasteiger partial charge in [0.25, 0.3) is 5.91 Å². The second kappa shape index (κ2) is 10.0. The number of nitrogens with two attached hydrogens (primary N) is 1. The number of nitrogens with one attached hydrogen (secondary N) is 1. The van der Waals surface area contributed by atoms with E-state index in [0.29, 0.717) is 24.6 Å². The predicted octanol–water partition coefficient (Wildman–Crippen LogP) is -0.0801. The summed E-state index contributed by atoms with van der Waals surface area (Å²) in [4.78, 5) is 11.7. The highest BCUT2D eigenvalue weighted by atomic mass is 16.5. The van der Waals surface area contributed by atoms with Crippen molar-refractivity contribution in [2.75, 3.05) is 41.0 Å². The van der Waals surface area contributed by atoms with E-state index in [-0.39, 0.29) is 5.91 Å². The maximum absolute atomic E-state index is 11.7. The molecule has 0 saturated heterocycles. The van der Waals surface area contributed by atoms with Crippen LogP contribution in [-0.4, -0.2) is 46.9 Å². The topological polar surface area (TPSA) is 73.4 Å². The van der Waals surface area contributed by atoms with E-state index in [0.717, 1.165) is 25.1 Å². The summed E-state index contributed by atoms with van der Waals surface area (Å²) in [5.74, 6) is 1.36. The number of carbonyl (C=O) groups excluding carboxylic acids is 1. The molecule has 0 spiro atoms. The zero-order valence-corrected chi connectivity index (χ0v) is 13.0. The van der Waals surface area contributed by atoms with Gasteiger partial charge < -0.3 is 24.8 Å². The van der Waals surface area contributed by atoms with E-state index in [1.807, 2.05) is 23.5 Å². The van der Waals surface area contributed by atoms with Crippen LogP contribution in [0, 0.1) is 0 Å². The van der Waals surface area contributed by atoms with Crippen molar-refractivity contribution in [3.05, 3.63) is 23.8 Å². The number of methoxy groups -OCH3 is 3. The lowest BCUT2D eigenvalue weighted by Gasteiger charge is -2.10. The van der Waals surface area contributed by atoms with Gasteiger partial charge in [0.05, 0.1) is 27.4 Å². The van der Waals surface area contributed by atoms with E-state index < -0.39 is 0 Å². The van der Waals surface area contributed by atoms with Crippen LogP contribution in [0.4, 0.5) is 0 Å². The van der Waals surface area contributed by atoms with Crippen LogP contribution in [0.3, 0.4) is 0 Å². The molecule has 0 aliphatic heterocycles. The highest BCUT2D eigenvalue weighted by Gasteiger charge is 2.07. The average Bonchev–Trinajstić information content (AvgIpc) is 2.52. The van der Waals surface area contributed by atoms with Crippen LogP contribution >= 0.6 is 0 Å². The minimum atomic E-state index is 0.0159. The Morgan fingerprint density at radius 1 is 1.19 bits per heavy atom. The first-order valence-corrected chi connectivity index (χ1v) is 6.99. The summed E-state index contributed by atoms with van der Waals surface area (Å²) in [5.41, 5.74) is 0.973. The fraction of sp³-hybridized carbons (Fsp3) is 0.533. The van der Waals surface area contributed by atoms with Crippen molar-refractivity contribution in [2.24, 2.45) is 0 Å². The van der Waals surface area contributed by atoms with Crippen LogP contribution in [0.2, 0.25) is 0 Å². The molecule has 1 aromatic rings. The van der Waals surface area contributed by atoms with E-state index >= 15 is 0 Å².